The van der Waals surface area contributed by atoms with Crippen molar-refractivity contribution < 1.29 is 4.39 Å². The van der Waals surface area contributed by atoms with E-state index in [-0.39, 0.29) is 11.6 Å². The number of rotatable bonds is 6. The summed E-state index contributed by atoms with van der Waals surface area (Å²) in [6.45, 7) is 3.11. The highest BCUT2D eigenvalue weighted by atomic mass is 35.5. The zero-order valence-electron chi connectivity index (χ0n) is 19.5. The molecule has 0 unspecified atom stereocenters. The second kappa shape index (κ2) is 9.08. The maximum Gasteiger partial charge on any atom is 0.247 e. The maximum atomic E-state index is 13.3. The molecule has 3 aromatic rings. The summed E-state index contributed by atoms with van der Waals surface area (Å²) in [5, 5.41) is 30.6. The van der Waals surface area contributed by atoms with Gasteiger partial charge in [-0.2, -0.15) is 20.0 Å². The summed E-state index contributed by atoms with van der Waals surface area (Å²) >= 11 is 6.85. The molecule has 3 aliphatic rings. The number of alkyl halides is 1. The average Bonchev–Trinajstić information content (AvgIpc) is 3.59. The van der Waals surface area contributed by atoms with Gasteiger partial charge < -0.3 is 15.5 Å². The van der Waals surface area contributed by atoms with E-state index in [1.165, 1.54) is 10.7 Å². The minimum absolute atomic E-state index is 0.235. The number of nitrogens with zero attached hydrogens (tertiary/aromatic N) is 8. The zero-order chi connectivity index (χ0) is 24.8. The molecule has 3 heterocycles. The molecule has 2 N–H and O–H groups in total. The van der Waals surface area contributed by atoms with Crippen LogP contribution in [0.2, 0.25) is 5.02 Å². The standard InChI is InChI=1S/C24H24ClFN10/c25-21-19(31-24-32-22(30-16-1-2-16)23-29-13-18(12-28)36(23)33-24)7-14(11-27)8-20(21)35-5-3-34(4-6-35)17-9-15(26)10-17/h7-8,13,15-17H,1-6,9-10H2,(H2,30,31,32,33). The summed E-state index contributed by atoms with van der Waals surface area (Å²) in [6, 6.07) is 8.41. The van der Waals surface area contributed by atoms with Gasteiger partial charge in [0, 0.05) is 38.3 Å². The average molecular weight is 507 g/mol. The Bertz CT molecular complexity index is 1390. The van der Waals surface area contributed by atoms with Crippen LogP contribution in [0.5, 0.6) is 0 Å². The molecule has 10 nitrogen and oxygen atoms in total. The lowest BCUT2D eigenvalue weighted by Gasteiger charge is -2.45. The van der Waals surface area contributed by atoms with Crippen LogP contribution in [0.25, 0.3) is 5.65 Å². The smallest absolute Gasteiger partial charge is 0.247 e. The van der Waals surface area contributed by atoms with E-state index in [4.69, 9.17) is 11.6 Å². The Labute approximate surface area is 212 Å². The number of anilines is 4. The second-order valence-corrected chi connectivity index (χ2v) is 9.91. The first-order valence-corrected chi connectivity index (χ1v) is 12.5. The SMILES string of the molecule is N#Cc1cc(Nc2nc(NC3CC3)c3ncc(C#N)n3n2)c(Cl)c(N2CCN(C3CC(F)C3)CC2)c1. The van der Waals surface area contributed by atoms with Crippen molar-refractivity contribution >= 4 is 40.4 Å². The van der Waals surface area contributed by atoms with Crippen molar-refractivity contribution in [1.82, 2.24) is 24.5 Å². The summed E-state index contributed by atoms with van der Waals surface area (Å²) in [6.07, 6.45) is 4.12. The Morgan fingerprint density at radius 2 is 1.86 bits per heavy atom. The van der Waals surface area contributed by atoms with Crippen LogP contribution < -0.4 is 15.5 Å². The van der Waals surface area contributed by atoms with Crippen molar-refractivity contribution in [3.05, 3.63) is 34.6 Å². The van der Waals surface area contributed by atoms with E-state index in [0.29, 0.717) is 52.7 Å². The van der Waals surface area contributed by atoms with Gasteiger partial charge in [-0.15, -0.1) is 5.10 Å². The molecule has 0 atom stereocenters. The molecule has 0 amide bonds. The molecule has 2 saturated carbocycles. The lowest BCUT2D eigenvalue weighted by molar-refractivity contribution is 0.0504. The summed E-state index contributed by atoms with van der Waals surface area (Å²) in [7, 11) is 0. The molecule has 6 rings (SSSR count). The van der Waals surface area contributed by atoms with Crippen LogP contribution in [0.3, 0.4) is 0 Å². The first-order chi connectivity index (χ1) is 17.5. The maximum absolute atomic E-state index is 13.3. The quantitative estimate of drug-likeness (QED) is 0.517. The van der Waals surface area contributed by atoms with Gasteiger partial charge in [-0.05, 0) is 37.8 Å². The predicted molar refractivity (Wildman–Crippen MR) is 133 cm³/mol. The molecule has 184 valence electrons. The Hall–Kier alpha value is -3.67. The molecule has 1 aromatic carbocycles. The normalized spacial score (nSPS) is 22.1. The van der Waals surface area contributed by atoms with Gasteiger partial charge in [0.05, 0.1) is 34.2 Å². The number of piperazine rings is 1. The molecule has 0 spiro atoms. The van der Waals surface area contributed by atoms with E-state index in [2.05, 4.69) is 47.6 Å². The predicted octanol–water partition coefficient (Wildman–Crippen LogP) is 3.46. The van der Waals surface area contributed by atoms with Crippen molar-refractivity contribution in [2.24, 2.45) is 0 Å². The van der Waals surface area contributed by atoms with E-state index >= 15 is 0 Å². The number of nitriles is 2. The van der Waals surface area contributed by atoms with Gasteiger partial charge in [-0.1, -0.05) is 11.6 Å². The van der Waals surface area contributed by atoms with E-state index in [9.17, 15) is 14.9 Å². The molecule has 1 aliphatic heterocycles. The lowest BCUT2D eigenvalue weighted by atomic mass is 9.89. The van der Waals surface area contributed by atoms with Crippen LogP contribution in [0.15, 0.2) is 18.3 Å². The fraction of sp³-hybridized carbons (Fsp3) is 0.458. The molecule has 3 fully saturated rings. The Balaban J connectivity index is 1.29. The monoisotopic (exact) mass is 506 g/mol. The summed E-state index contributed by atoms with van der Waals surface area (Å²) in [5.41, 5.74) is 2.48. The third-order valence-electron chi connectivity index (χ3n) is 7.05. The van der Waals surface area contributed by atoms with Gasteiger partial charge in [-0.25, -0.2) is 9.37 Å². The largest absolute Gasteiger partial charge is 0.368 e. The number of fused-ring (bicyclic) bond motifs is 1. The fourth-order valence-corrected chi connectivity index (χ4v) is 5.07. The van der Waals surface area contributed by atoms with Crippen LogP contribution in [0, 0.1) is 22.7 Å². The highest BCUT2D eigenvalue weighted by Gasteiger charge is 2.35. The van der Waals surface area contributed by atoms with E-state index in [1.807, 2.05) is 0 Å². The molecule has 1 saturated heterocycles. The van der Waals surface area contributed by atoms with E-state index in [0.717, 1.165) is 44.7 Å². The fourth-order valence-electron chi connectivity index (χ4n) is 4.79. The van der Waals surface area contributed by atoms with Gasteiger partial charge >= 0.3 is 0 Å². The molecular formula is C24H24ClFN10. The molecule has 0 bridgehead atoms. The molecule has 2 aliphatic carbocycles. The third kappa shape index (κ3) is 4.25. The van der Waals surface area contributed by atoms with E-state index in [1.54, 1.807) is 12.1 Å². The highest BCUT2D eigenvalue weighted by Crippen LogP contribution is 2.37. The van der Waals surface area contributed by atoms with Crippen LogP contribution in [0.1, 0.15) is 36.9 Å². The number of hydrogen-bond acceptors (Lipinski definition) is 9. The summed E-state index contributed by atoms with van der Waals surface area (Å²) < 4.78 is 14.7. The van der Waals surface area contributed by atoms with E-state index < -0.39 is 6.17 Å². The van der Waals surface area contributed by atoms with Crippen molar-refractivity contribution in [2.75, 3.05) is 41.7 Å². The Morgan fingerprint density at radius 1 is 1.08 bits per heavy atom. The van der Waals surface area contributed by atoms with Crippen molar-refractivity contribution in [2.45, 2.75) is 43.9 Å². The number of imidazole rings is 1. The number of halogens is 2. The van der Waals surface area contributed by atoms with Gasteiger partial charge in [0.1, 0.15) is 12.2 Å². The molecule has 2 aromatic heterocycles. The first kappa shape index (κ1) is 22.8. The van der Waals surface area contributed by atoms with Gasteiger partial charge in [0.25, 0.3) is 0 Å². The number of nitrogens with one attached hydrogen (secondary N) is 2. The minimum atomic E-state index is -0.670. The topological polar surface area (TPSA) is 121 Å². The van der Waals surface area contributed by atoms with Crippen molar-refractivity contribution in [1.29, 1.82) is 10.5 Å². The number of benzene rings is 1. The van der Waals surface area contributed by atoms with Crippen LogP contribution in [-0.4, -0.2) is 68.9 Å². The highest BCUT2D eigenvalue weighted by molar-refractivity contribution is 6.36. The summed E-state index contributed by atoms with van der Waals surface area (Å²) in [4.78, 5) is 13.4. The Morgan fingerprint density at radius 3 is 2.53 bits per heavy atom. The van der Waals surface area contributed by atoms with Crippen LogP contribution in [0.4, 0.5) is 27.5 Å². The third-order valence-corrected chi connectivity index (χ3v) is 7.45. The molecule has 36 heavy (non-hydrogen) atoms. The molecule has 0 radical (unpaired) electrons. The van der Waals surface area contributed by atoms with Crippen molar-refractivity contribution in [3.63, 3.8) is 0 Å². The van der Waals surface area contributed by atoms with Gasteiger partial charge in [0.2, 0.25) is 5.95 Å². The minimum Gasteiger partial charge on any atom is -0.368 e. The summed E-state index contributed by atoms with van der Waals surface area (Å²) in [5.74, 6) is 0.769. The van der Waals surface area contributed by atoms with Crippen molar-refractivity contribution in [3.8, 4) is 12.1 Å². The molecular weight excluding hydrogens is 483 g/mol. The van der Waals surface area contributed by atoms with Gasteiger partial charge in [0.15, 0.2) is 17.2 Å². The first-order valence-electron chi connectivity index (χ1n) is 12.1. The van der Waals surface area contributed by atoms with Crippen LogP contribution >= 0.6 is 11.6 Å². The Kier molecular flexibility index (Phi) is 5.75. The zero-order valence-corrected chi connectivity index (χ0v) is 20.2. The van der Waals surface area contributed by atoms with Crippen LogP contribution in [-0.2, 0) is 0 Å². The number of hydrogen-bond donors (Lipinski definition) is 2. The lowest BCUT2D eigenvalue weighted by Crippen LogP contribution is -2.54. The number of aromatic nitrogens is 4. The van der Waals surface area contributed by atoms with Gasteiger partial charge in [-0.3, -0.25) is 4.90 Å². The second-order valence-electron chi connectivity index (χ2n) is 9.53. The molecule has 12 heteroatoms.